The first kappa shape index (κ1) is 16.8. The second-order valence-corrected chi connectivity index (χ2v) is 6.44. The Morgan fingerprint density at radius 3 is 2.64 bits per heavy atom. The Morgan fingerprint density at radius 1 is 1.27 bits per heavy atom. The number of carbonyl (C=O) groups is 2. The Hall–Kier alpha value is -1.56. The molecule has 1 aromatic rings. The molecule has 0 bridgehead atoms. The van der Waals surface area contributed by atoms with Gasteiger partial charge < -0.3 is 15.3 Å². The molecule has 6 heteroatoms. The quantitative estimate of drug-likeness (QED) is 0.857. The van der Waals surface area contributed by atoms with Crippen molar-refractivity contribution in [2.24, 2.45) is 0 Å². The first-order chi connectivity index (χ1) is 10.5. The molecule has 2 amide bonds. The van der Waals surface area contributed by atoms with Crippen LogP contribution in [0.5, 0.6) is 5.75 Å². The zero-order chi connectivity index (χ0) is 16.1. The lowest BCUT2D eigenvalue weighted by atomic mass is 10.1. The van der Waals surface area contributed by atoms with E-state index in [2.05, 4.69) is 21.2 Å². The van der Waals surface area contributed by atoms with Gasteiger partial charge in [-0.3, -0.25) is 9.59 Å². The molecule has 120 valence electrons. The Bertz CT molecular complexity index is 569. The third kappa shape index (κ3) is 4.22. The lowest BCUT2D eigenvalue weighted by Gasteiger charge is -2.26. The summed E-state index contributed by atoms with van der Waals surface area (Å²) >= 11 is 3.22. The molecule has 2 N–H and O–H groups in total. The van der Waals surface area contributed by atoms with Gasteiger partial charge in [-0.25, -0.2) is 0 Å². The number of phenolic OH excluding ortho intramolecular Hbond substituents is 1. The highest BCUT2D eigenvalue weighted by Crippen LogP contribution is 2.29. The number of hydrogen-bond acceptors (Lipinski definition) is 3. The van der Waals surface area contributed by atoms with Gasteiger partial charge in [0.05, 0.1) is 10.0 Å². The number of likely N-dealkylation sites (tertiary alicyclic amines) is 1. The van der Waals surface area contributed by atoms with Gasteiger partial charge >= 0.3 is 0 Å². The van der Waals surface area contributed by atoms with Gasteiger partial charge in [-0.2, -0.15) is 0 Å². The van der Waals surface area contributed by atoms with Gasteiger partial charge in [-0.15, -0.1) is 0 Å². The fourth-order valence-electron chi connectivity index (χ4n) is 2.59. The van der Waals surface area contributed by atoms with E-state index in [1.54, 1.807) is 12.1 Å². The number of nitrogens with zero attached hydrogens (tertiary/aromatic N) is 1. The van der Waals surface area contributed by atoms with Crippen molar-refractivity contribution in [3.8, 4) is 5.75 Å². The molecular weight excluding hydrogens is 348 g/mol. The topological polar surface area (TPSA) is 69.6 Å². The maximum absolute atomic E-state index is 12.1. The molecule has 0 atom stereocenters. The Labute approximate surface area is 138 Å². The molecule has 5 nitrogen and oxygen atoms in total. The van der Waals surface area contributed by atoms with Crippen LogP contribution < -0.4 is 5.32 Å². The fraction of sp³-hybridized carbons (Fsp3) is 0.500. The largest absolute Gasteiger partial charge is 0.506 e. The number of halogens is 1. The molecular formula is C16H21BrN2O3. The van der Waals surface area contributed by atoms with Gasteiger partial charge in [0.25, 0.3) is 5.91 Å². The number of piperidine rings is 1. The summed E-state index contributed by atoms with van der Waals surface area (Å²) in [7, 11) is 0. The van der Waals surface area contributed by atoms with Crippen LogP contribution in [0.3, 0.4) is 0 Å². The normalized spacial score (nSPS) is 14.7. The van der Waals surface area contributed by atoms with E-state index >= 15 is 0 Å². The van der Waals surface area contributed by atoms with E-state index in [0.29, 0.717) is 10.9 Å². The maximum Gasteiger partial charge on any atom is 0.255 e. The Kier molecular flexibility index (Phi) is 5.83. The van der Waals surface area contributed by atoms with Crippen molar-refractivity contribution in [2.75, 3.05) is 19.6 Å². The summed E-state index contributed by atoms with van der Waals surface area (Å²) < 4.78 is 0.488. The van der Waals surface area contributed by atoms with Crippen LogP contribution in [0.2, 0.25) is 0 Å². The first-order valence-corrected chi connectivity index (χ1v) is 8.33. The summed E-state index contributed by atoms with van der Waals surface area (Å²) in [5.74, 6) is -0.367. The lowest BCUT2D eigenvalue weighted by molar-refractivity contribution is -0.131. The molecule has 0 unspecified atom stereocenters. The van der Waals surface area contributed by atoms with Gasteiger partial charge in [-0.1, -0.05) is 0 Å². The van der Waals surface area contributed by atoms with Crippen molar-refractivity contribution in [1.29, 1.82) is 0 Å². The highest BCUT2D eigenvalue weighted by molar-refractivity contribution is 9.10. The summed E-state index contributed by atoms with van der Waals surface area (Å²) in [4.78, 5) is 26.0. The molecule has 0 radical (unpaired) electrons. The molecule has 22 heavy (non-hydrogen) atoms. The maximum atomic E-state index is 12.1. The van der Waals surface area contributed by atoms with Crippen molar-refractivity contribution < 1.29 is 14.7 Å². The average Bonchev–Trinajstić information content (AvgIpc) is 2.51. The molecule has 1 fully saturated rings. The number of amides is 2. The number of aromatic hydroxyl groups is 1. The molecule has 1 aromatic carbocycles. The van der Waals surface area contributed by atoms with E-state index in [9.17, 15) is 14.7 Å². The number of aryl methyl sites for hydroxylation is 1. The third-order valence-electron chi connectivity index (χ3n) is 3.79. The zero-order valence-electron chi connectivity index (χ0n) is 12.7. The summed E-state index contributed by atoms with van der Waals surface area (Å²) in [5.41, 5.74) is 1.09. The number of phenols is 1. The van der Waals surface area contributed by atoms with E-state index < -0.39 is 0 Å². The Morgan fingerprint density at radius 2 is 1.95 bits per heavy atom. The van der Waals surface area contributed by atoms with E-state index in [1.165, 1.54) is 6.42 Å². The first-order valence-electron chi connectivity index (χ1n) is 7.54. The minimum absolute atomic E-state index is 0.0783. The van der Waals surface area contributed by atoms with Gasteiger partial charge in [0, 0.05) is 26.1 Å². The predicted octanol–water partition coefficient (Wildman–Crippen LogP) is 2.60. The highest BCUT2D eigenvalue weighted by Gasteiger charge is 2.18. The number of nitrogens with one attached hydrogen (secondary N) is 1. The number of rotatable bonds is 4. The molecule has 2 rings (SSSR count). The van der Waals surface area contributed by atoms with Crippen molar-refractivity contribution in [1.82, 2.24) is 10.2 Å². The van der Waals surface area contributed by atoms with Gasteiger partial charge in [0.2, 0.25) is 5.91 Å². The minimum atomic E-state index is -0.367. The summed E-state index contributed by atoms with van der Waals surface area (Å²) in [6, 6.07) is 3.37. The van der Waals surface area contributed by atoms with Crippen LogP contribution in [-0.2, 0) is 4.79 Å². The summed E-state index contributed by atoms with van der Waals surface area (Å²) in [5, 5.41) is 12.6. The Balaban J connectivity index is 1.86. The van der Waals surface area contributed by atoms with Crippen molar-refractivity contribution in [2.45, 2.75) is 32.6 Å². The van der Waals surface area contributed by atoms with Crippen molar-refractivity contribution in [3.63, 3.8) is 0 Å². The van der Waals surface area contributed by atoms with Crippen LogP contribution in [0, 0.1) is 6.92 Å². The summed E-state index contributed by atoms with van der Waals surface area (Å²) in [6.07, 6.45) is 3.59. The molecule has 1 aliphatic rings. The van der Waals surface area contributed by atoms with Gasteiger partial charge in [0.15, 0.2) is 0 Å². The van der Waals surface area contributed by atoms with Crippen molar-refractivity contribution in [3.05, 3.63) is 27.7 Å². The zero-order valence-corrected chi connectivity index (χ0v) is 14.3. The smallest absolute Gasteiger partial charge is 0.255 e. The van der Waals surface area contributed by atoms with E-state index in [0.717, 1.165) is 31.5 Å². The molecule has 0 aliphatic carbocycles. The van der Waals surface area contributed by atoms with E-state index in [4.69, 9.17) is 0 Å². The van der Waals surface area contributed by atoms with Crippen molar-refractivity contribution >= 4 is 27.7 Å². The average molecular weight is 369 g/mol. The number of benzene rings is 1. The monoisotopic (exact) mass is 368 g/mol. The minimum Gasteiger partial charge on any atom is -0.506 e. The lowest BCUT2D eigenvalue weighted by Crippen LogP contribution is -2.37. The highest BCUT2D eigenvalue weighted by atomic mass is 79.9. The number of hydrogen-bond donors (Lipinski definition) is 2. The van der Waals surface area contributed by atoms with E-state index in [-0.39, 0.29) is 29.7 Å². The molecule has 0 saturated carbocycles. The molecule has 1 saturated heterocycles. The standard InChI is InChI=1S/C16H21BrN2O3/c1-11-9-12(15(21)13(17)10-11)16(22)18-6-5-14(20)19-7-3-2-4-8-19/h9-10,21H,2-8H2,1H3,(H,18,22). The SMILES string of the molecule is Cc1cc(Br)c(O)c(C(=O)NCCC(=O)N2CCCCC2)c1. The second-order valence-electron chi connectivity index (χ2n) is 5.59. The number of carbonyl (C=O) groups excluding carboxylic acids is 2. The van der Waals surface area contributed by atoms with Crippen LogP contribution in [0.1, 0.15) is 41.6 Å². The van der Waals surface area contributed by atoms with Crippen LogP contribution >= 0.6 is 15.9 Å². The fourth-order valence-corrected chi connectivity index (χ4v) is 3.16. The predicted molar refractivity (Wildman–Crippen MR) is 87.9 cm³/mol. The van der Waals surface area contributed by atoms with Crippen LogP contribution in [-0.4, -0.2) is 41.5 Å². The van der Waals surface area contributed by atoms with Crippen LogP contribution in [0.15, 0.2) is 16.6 Å². The molecule has 0 spiro atoms. The van der Waals surface area contributed by atoms with Crippen LogP contribution in [0.25, 0.3) is 0 Å². The molecule has 0 aromatic heterocycles. The molecule has 1 heterocycles. The second kappa shape index (κ2) is 7.63. The van der Waals surface area contributed by atoms with Gasteiger partial charge in [0.1, 0.15) is 5.75 Å². The van der Waals surface area contributed by atoms with Gasteiger partial charge in [-0.05, 0) is 59.8 Å². The third-order valence-corrected chi connectivity index (χ3v) is 4.39. The van der Waals surface area contributed by atoms with E-state index in [1.807, 2.05) is 11.8 Å². The van der Waals surface area contributed by atoms with Crippen LogP contribution in [0.4, 0.5) is 0 Å². The molecule has 1 aliphatic heterocycles. The summed E-state index contributed by atoms with van der Waals surface area (Å²) in [6.45, 7) is 3.76.